The van der Waals surface area contributed by atoms with Gasteiger partial charge >= 0.3 is 11.9 Å². The lowest BCUT2D eigenvalue weighted by molar-refractivity contribution is 0.0696. The van der Waals surface area contributed by atoms with Gasteiger partial charge in [0.1, 0.15) is 5.75 Å². The molecule has 3 aromatic carbocycles. The zero-order valence-electron chi connectivity index (χ0n) is 19.7. The van der Waals surface area contributed by atoms with Crippen LogP contribution in [0, 0.1) is 0 Å². The van der Waals surface area contributed by atoms with Crippen molar-refractivity contribution in [2.45, 2.75) is 56.8 Å². The number of aromatic carboxylic acids is 1. The van der Waals surface area contributed by atoms with Crippen LogP contribution in [0.25, 0.3) is 11.1 Å². The number of thioether (sulfide) groups is 1. The van der Waals surface area contributed by atoms with E-state index in [4.69, 9.17) is 9.84 Å². The van der Waals surface area contributed by atoms with Gasteiger partial charge in [-0.15, -0.1) is 11.8 Å². The summed E-state index contributed by atoms with van der Waals surface area (Å²) in [6.45, 7) is 2.25. The van der Waals surface area contributed by atoms with E-state index in [9.17, 15) is 9.59 Å². The van der Waals surface area contributed by atoms with E-state index in [-0.39, 0.29) is 5.56 Å². The Morgan fingerprint density at radius 1 is 0.706 bits per heavy atom. The molecule has 0 radical (unpaired) electrons. The molecule has 1 N–H and O–H groups in total. The standard InChI is InChI=1S/C29H32O4S/c1-2-3-4-5-6-7-8-21-34-27-19-15-23(16-20-27)22-9-11-25(12-10-22)29(32)33-26-17-13-24(14-18-26)28(30)31/h9-20H,2-8,21H2,1H3,(H,30,31). The number of hydrogen-bond acceptors (Lipinski definition) is 4. The highest BCUT2D eigenvalue weighted by atomic mass is 32.2. The third-order valence-corrected chi connectivity index (χ3v) is 6.73. The Labute approximate surface area is 206 Å². The maximum atomic E-state index is 12.4. The van der Waals surface area contributed by atoms with Gasteiger partial charge in [-0.25, -0.2) is 9.59 Å². The highest BCUT2D eigenvalue weighted by molar-refractivity contribution is 7.99. The van der Waals surface area contributed by atoms with Gasteiger partial charge in [0.25, 0.3) is 0 Å². The third kappa shape index (κ3) is 8.07. The highest BCUT2D eigenvalue weighted by Gasteiger charge is 2.10. The van der Waals surface area contributed by atoms with Gasteiger partial charge < -0.3 is 9.84 Å². The molecule has 0 fully saturated rings. The summed E-state index contributed by atoms with van der Waals surface area (Å²) in [5, 5.41) is 8.95. The van der Waals surface area contributed by atoms with Gasteiger partial charge in [-0.2, -0.15) is 0 Å². The van der Waals surface area contributed by atoms with E-state index < -0.39 is 11.9 Å². The number of esters is 1. The molecule has 3 rings (SSSR count). The van der Waals surface area contributed by atoms with Crippen molar-refractivity contribution in [3.05, 3.63) is 83.9 Å². The molecule has 0 aliphatic heterocycles. The van der Waals surface area contributed by atoms with Crippen LogP contribution in [0.3, 0.4) is 0 Å². The lowest BCUT2D eigenvalue weighted by Crippen LogP contribution is -2.08. The summed E-state index contributed by atoms with van der Waals surface area (Å²) < 4.78 is 5.34. The largest absolute Gasteiger partial charge is 0.478 e. The van der Waals surface area contributed by atoms with Crippen LogP contribution >= 0.6 is 11.8 Å². The monoisotopic (exact) mass is 476 g/mol. The minimum Gasteiger partial charge on any atom is -0.478 e. The smallest absolute Gasteiger partial charge is 0.343 e. The first-order chi connectivity index (χ1) is 16.6. The van der Waals surface area contributed by atoms with Crippen LogP contribution in [0.4, 0.5) is 0 Å². The molecule has 0 atom stereocenters. The summed E-state index contributed by atoms with van der Waals surface area (Å²) in [7, 11) is 0. The predicted molar refractivity (Wildman–Crippen MR) is 139 cm³/mol. The fourth-order valence-corrected chi connectivity index (χ4v) is 4.54. The molecule has 0 spiro atoms. The molecule has 0 aromatic heterocycles. The first kappa shape index (κ1) is 25.6. The number of ether oxygens (including phenoxy) is 1. The van der Waals surface area contributed by atoms with Crippen LogP contribution in [-0.4, -0.2) is 22.8 Å². The van der Waals surface area contributed by atoms with Crippen molar-refractivity contribution in [2.75, 3.05) is 5.75 Å². The second kappa shape index (κ2) is 13.6. The molecule has 0 aliphatic carbocycles. The van der Waals surface area contributed by atoms with Gasteiger partial charge in [0, 0.05) is 4.90 Å². The van der Waals surface area contributed by atoms with E-state index >= 15 is 0 Å². The Morgan fingerprint density at radius 2 is 1.24 bits per heavy atom. The van der Waals surface area contributed by atoms with Gasteiger partial charge in [0.2, 0.25) is 0 Å². The Kier molecular flexibility index (Phi) is 10.2. The summed E-state index contributed by atoms with van der Waals surface area (Å²) in [6.07, 6.45) is 9.32. The van der Waals surface area contributed by atoms with Crippen molar-refractivity contribution in [3.8, 4) is 16.9 Å². The number of rotatable bonds is 13. The van der Waals surface area contributed by atoms with E-state index in [0.29, 0.717) is 11.3 Å². The lowest BCUT2D eigenvalue weighted by atomic mass is 10.0. The fraction of sp³-hybridized carbons (Fsp3) is 0.310. The quantitative estimate of drug-likeness (QED) is 0.117. The summed E-state index contributed by atoms with van der Waals surface area (Å²) in [5.74, 6) is -0.0353. The van der Waals surface area contributed by atoms with Gasteiger partial charge in [-0.3, -0.25) is 0 Å². The Bertz CT molecular complexity index is 1040. The summed E-state index contributed by atoms with van der Waals surface area (Å²) in [4.78, 5) is 24.6. The first-order valence-electron chi connectivity index (χ1n) is 12.0. The average Bonchev–Trinajstić information content (AvgIpc) is 2.86. The Hall–Kier alpha value is -3.05. The van der Waals surface area contributed by atoms with E-state index in [0.717, 1.165) is 16.9 Å². The zero-order valence-corrected chi connectivity index (χ0v) is 20.5. The van der Waals surface area contributed by atoms with Crippen LogP contribution in [0.2, 0.25) is 0 Å². The molecular formula is C29H32O4S. The third-order valence-electron chi connectivity index (χ3n) is 5.64. The SMILES string of the molecule is CCCCCCCCCSc1ccc(-c2ccc(C(=O)Oc3ccc(C(=O)O)cc3)cc2)cc1. The number of carbonyl (C=O) groups excluding carboxylic acids is 1. The van der Waals surface area contributed by atoms with E-state index in [1.807, 2.05) is 23.9 Å². The average molecular weight is 477 g/mol. The zero-order chi connectivity index (χ0) is 24.2. The van der Waals surface area contributed by atoms with E-state index in [1.54, 1.807) is 12.1 Å². The Balaban J connectivity index is 1.46. The van der Waals surface area contributed by atoms with Crippen LogP contribution in [0.15, 0.2) is 77.7 Å². The van der Waals surface area contributed by atoms with Gasteiger partial charge in [0.15, 0.2) is 0 Å². The van der Waals surface area contributed by atoms with E-state index in [1.165, 1.54) is 74.1 Å². The number of benzene rings is 3. The molecule has 0 amide bonds. The first-order valence-corrected chi connectivity index (χ1v) is 12.9. The van der Waals surface area contributed by atoms with Gasteiger partial charge in [-0.05, 0) is 71.8 Å². The van der Waals surface area contributed by atoms with E-state index in [2.05, 4.69) is 31.2 Å². The molecule has 5 heteroatoms. The number of carboxylic acids is 1. The fourth-order valence-electron chi connectivity index (χ4n) is 3.62. The normalized spacial score (nSPS) is 10.7. The minimum absolute atomic E-state index is 0.145. The minimum atomic E-state index is -1.02. The van der Waals surface area contributed by atoms with Crippen molar-refractivity contribution in [1.82, 2.24) is 0 Å². The molecule has 0 saturated carbocycles. The molecule has 0 bridgehead atoms. The molecule has 34 heavy (non-hydrogen) atoms. The molecule has 178 valence electrons. The van der Waals surface area contributed by atoms with Crippen LogP contribution in [-0.2, 0) is 0 Å². The second-order valence-corrected chi connectivity index (χ2v) is 9.46. The summed E-state index contributed by atoms with van der Waals surface area (Å²) >= 11 is 1.91. The molecule has 0 saturated heterocycles. The molecule has 3 aromatic rings. The highest BCUT2D eigenvalue weighted by Crippen LogP contribution is 2.26. The predicted octanol–water partition coefficient (Wildman–Crippen LogP) is 8.11. The van der Waals surface area contributed by atoms with Gasteiger partial charge in [0.05, 0.1) is 11.1 Å². The molecule has 0 aliphatic rings. The maximum Gasteiger partial charge on any atom is 0.343 e. The van der Waals surface area contributed by atoms with Crippen LogP contribution < -0.4 is 4.74 Å². The summed E-state index contributed by atoms with van der Waals surface area (Å²) in [5.41, 5.74) is 2.72. The lowest BCUT2D eigenvalue weighted by Gasteiger charge is -2.07. The van der Waals surface area contributed by atoms with Crippen molar-refractivity contribution < 1.29 is 19.4 Å². The van der Waals surface area contributed by atoms with Crippen molar-refractivity contribution in [2.24, 2.45) is 0 Å². The molecular weight excluding hydrogens is 444 g/mol. The van der Waals surface area contributed by atoms with Crippen molar-refractivity contribution in [1.29, 1.82) is 0 Å². The van der Waals surface area contributed by atoms with Crippen LogP contribution in [0.1, 0.15) is 72.6 Å². The topological polar surface area (TPSA) is 63.6 Å². The molecule has 0 heterocycles. The Morgan fingerprint density at radius 3 is 1.82 bits per heavy atom. The molecule has 4 nitrogen and oxygen atoms in total. The number of carbonyl (C=O) groups is 2. The second-order valence-electron chi connectivity index (χ2n) is 8.29. The number of unbranched alkanes of at least 4 members (excludes halogenated alkanes) is 6. The van der Waals surface area contributed by atoms with Crippen molar-refractivity contribution in [3.63, 3.8) is 0 Å². The summed E-state index contributed by atoms with van der Waals surface area (Å²) in [6, 6.07) is 21.6. The number of carboxylic acid groups (broad SMARTS) is 1. The molecule has 0 unspecified atom stereocenters. The van der Waals surface area contributed by atoms with Gasteiger partial charge in [-0.1, -0.05) is 69.7 Å². The van der Waals surface area contributed by atoms with Crippen LogP contribution in [0.5, 0.6) is 5.75 Å². The maximum absolute atomic E-state index is 12.4. The number of hydrogen-bond donors (Lipinski definition) is 1. The van der Waals surface area contributed by atoms with Crippen molar-refractivity contribution >= 4 is 23.7 Å².